The molecule has 1 atom stereocenters. The molecule has 2 nitrogen and oxygen atoms in total. The molecule has 120 valence electrons. The van der Waals surface area contributed by atoms with Crippen LogP contribution in [0.15, 0.2) is 24.3 Å². The van der Waals surface area contributed by atoms with Crippen molar-refractivity contribution in [1.29, 1.82) is 0 Å². The quantitative estimate of drug-likeness (QED) is 0.786. The minimum Gasteiger partial charge on any atom is -0.309 e. The van der Waals surface area contributed by atoms with E-state index in [0.29, 0.717) is 6.54 Å². The van der Waals surface area contributed by atoms with Crippen molar-refractivity contribution >= 4 is 0 Å². The summed E-state index contributed by atoms with van der Waals surface area (Å²) in [5, 5.41) is 3.26. The van der Waals surface area contributed by atoms with Gasteiger partial charge in [-0.3, -0.25) is 4.90 Å². The van der Waals surface area contributed by atoms with E-state index in [-0.39, 0.29) is 6.04 Å². The SMILES string of the molecule is CCCc1ccc(C(CN(C)CC(F)(F)F)NCC)cc1. The van der Waals surface area contributed by atoms with Crippen LogP contribution in [0, 0.1) is 0 Å². The first kappa shape index (κ1) is 18.0. The van der Waals surface area contributed by atoms with Crippen molar-refractivity contribution in [2.45, 2.75) is 38.9 Å². The maximum absolute atomic E-state index is 12.4. The number of hydrogen-bond donors (Lipinski definition) is 1. The predicted octanol–water partition coefficient (Wildman–Crippen LogP) is 3.78. The monoisotopic (exact) mass is 302 g/mol. The van der Waals surface area contributed by atoms with Crippen molar-refractivity contribution in [3.8, 4) is 0 Å². The third kappa shape index (κ3) is 6.96. The van der Waals surface area contributed by atoms with Gasteiger partial charge in [-0.2, -0.15) is 13.2 Å². The maximum atomic E-state index is 12.4. The number of nitrogens with zero attached hydrogens (tertiary/aromatic N) is 1. The highest BCUT2D eigenvalue weighted by molar-refractivity contribution is 5.25. The molecule has 1 rings (SSSR count). The lowest BCUT2D eigenvalue weighted by molar-refractivity contribution is -0.143. The Labute approximate surface area is 125 Å². The van der Waals surface area contributed by atoms with Gasteiger partial charge in [-0.15, -0.1) is 0 Å². The molecule has 0 radical (unpaired) electrons. The second-order valence-electron chi connectivity index (χ2n) is 5.41. The molecule has 0 saturated carbocycles. The van der Waals surface area contributed by atoms with Crippen LogP contribution in [-0.4, -0.2) is 37.8 Å². The molecule has 0 aromatic heterocycles. The molecule has 0 aliphatic rings. The van der Waals surface area contributed by atoms with E-state index in [4.69, 9.17) is 0 Å². The maximum Gasteiger partial charge on any atom is 0.401 e. The lowest BCUT2D eigenvalue weighted by Gasteiger charge is -2.26. The topological polar surface area (TPSA) is 15.3 Å². The summed E-state index contributed by atoms with van der Waals surface area (Å²) in [7, 11) is 1.50. The Hall–Kier alpha value is -1.07. The Balaban J connectivity index is 2.71. The largest absolute Gasteiger partial charge is 0.401 e. The van der Waals surface area contributed by atoms with Gasteiger partial charge < -0.3 is 5.32 Å². The Kier molecular flexibility index (Phi) is 7.18. The molecule has 21 heavy (non-hydrogen) atoms. The van der Waals surface area contributed by atoms with Crippen molar-refractivity contribution in [1.82, 2.24) is 10.2 Å². The number of hydrogen-bond acceptors (Lipinski definition) is 2. The summed E-state index contributed by atoms with van der Waals surface area (Å²) < 4.78 is 37.3. The highest BCUT2D eigenvalue weighted by atomic mass is 19.4. The van der Waals surface area contributed by atoms with Gasteiger partial charge in [0.2, 0.25) is 0 Å². The van der Waals surface area contributed by atoms with Crippen LogP contribution in [0.3, 0.4) is 0 Å². The van der Waals surface area contributed by atoms with Crippen LogP contribution in [0.25, 0.3) is 0 Å². The predicted molar refractivity (Wildman–Crippen MR) is 80.4 cm³/mol. The average Bonchev–Trinajstić information content (AvgIpc) is 2.37. The van der Waals surface area contributed by atoms with Crippen molar-refractivity contribution in [3.05, 3.63) is 35.4 Å². The van der Waals surface area contributed by atoms with Gasteiger partial charge in [0.1, 0.15) is 0 Å². The fourth-order valence-electron chi connectivity index (χ4n) is 2.42. The van der Waals surface area contributed by atoms with E-state index in [0.717, 1.165) is 24.9 Å². The lowest BCUT2D eigenvalue weighted by atomic mass is 10.0. The minimum atomic E-state index is -4.16. The van der Waals surface area contributed by atoms with E-state index < -0.39 is 12.7 Å². The van der Waals surface area contributed by atoms with Crippen molar-refractivity contribution in [3.63, 3.8) is 0 Å². The summed E-state index contributed by atoms with van der Waals surface area (Å²) in [6.07, 6.45) is -2.04. The minimum absolute atomic E-state index is 0.0852. The zero-order chi connectivity index (χ0) is 15.9. The number of alkyl halides is 3. The molecule has 0 amide bonds. The van der Waals surface area contributed by atoms with Gasteiger partial charge >= 0.3 is 6.18 Å². The van der Waals surface area contributed by atoms with Crippen molar-refractivity contribution in [2.75, 3.05) is 26.7 Å². The molecule has 1 N–H and O–H groups in total. The van der Waals surface area contributed by atoms with E-state index in [9.17, 15) is 13.2 Å². The first-order chi connectivity index (χ1) is 9.85. The van der Waals surface area contributed by atoms with Crippen LogP contribution in [-0.2, 0) is 6.42 Å². The van der Waals surface area contributed by atoms with Crippen LogP contribution in [0.5, 0.6) is 0 Å². The van der Waals surface area contributed by atoms with Gasteiger partial charge in [0.15, 0.2) is 0 Å². The molecule has 0 aliphatic heterocycles. The molecule has 5 heteroatoms. The summed E-state index contributed by atoms with van der Waals surface area (Å²) >= 11 is 0. The molecule has 0 fully saturated rings. The van der Waals surface area contributed by atoms with Crippen LogP contribution in [0.4, 0.5) is 13.2 Å². The molecular weight excluding hydrogens is 277 g/mol. The van der Waals surface area contributed by atoms with E-state index >= 15 is 0 Å². The van der Waals surface area contributed by atoms with E-state index in [1.54, 1.807) is 0 Å². The van der Waals surface area contributed by atoms with Gasteiger partial charge in [-0.05, 0) is 31.1 Å². The van der Waals surface area contributed by atoms with Gasteiger partial charge in [-0.25, -0.2) is 0 Å². The zero-order valence-corrected chi connectivity index (χ0v) is 13.0. The van der Waals surface area contributed by atoms with E-state index in [1.165, 1.54) is 17.5 Å². The summed E-state index contributed by atoms with van der Waals surface area (Å²) in [6.45, 7) is 4.26. The smallest absolute Gasteiger partial charge is 0.309 e. The highest BCUT2D eigenvalue weighted by Crippen LogP contribution is 2.19. The van der Waals surface area contributed by atoms with Crippen LogP contribution in [0.2, 0.25) is 0 Å². The first-order valence-electron chi connectivity index (χ1n) is 7.43. The molecule has 1 aromatic carbocycles. The number of nitrogens with one attached hydrogen (secondary N) is 1. The van der Waals surface area contributed by atoms with Crippen LogP contribution < -0.4 is 5.32 Å². The first-order valence-corrected chi connectivity index (χ1v) is 7.43. The number of aryl methyl sites for hydroxylation is 1. The number of halogens is 3. The van der Waals surface area contributed by atoms with Crippen molar-refractivity contribution in [2.24, 2.45) is 0 Å². The van der Waals surface area contributed by atoms with E-state index in [1.807, 2.05) is 19.1 Å². The second kappa shape index (κ2) is 8.39. The number of benzene rings is 1. The Morgan fingerprint density at radius 2 is 1.76 bits per heavy atom. The summed E-state index contributed by atoms with van der Waals surface area (Å²) in [6, 6.07) is 8.07. The molecule has 0 heterocycles. The summed E-state index contributed by atoms with van der Waals surface area (Å²) in [5.74, 6) is 0. The summed E-state index contributed by atoms with van der Waals surface area (Å²) in [4.78, 5) is 1.31. The van der Waals surface area contributed by atoms with Gasteiger partial charge in [0, 0.05) is 12.6 Å². The number of rotatable bonds is 8. The zero-order valence-electron chi connectivity index (χ0n) is 13.0. The van der Waals surface area contributed by atoms with E-state index in [2.05, 4.69) is 24.4 Å². The molecule has 0 saturated heterocycles. The second-order valence-corrected chi connectivity index (χ2v) is 5.41. The molecule has 1 aromatic rings. The van der Waals surface area contributed by atoms with Gasteiger partial charge in [-0.1, -0.05) is 44.5 Å². The average molecular weight is 302 g/mol. The fraction of sp³-hybridized carbons (Fsp3) is 0.625. The fourth-order valence-corrected chi connectivity index (χ4v) is 2.42. The molecule has 0 aliphatic carbocycles. The Morgan fingerprint density at radius 1 is 1.14 bits per heavy atom. The van der Waals surface area contributed by atoms with Gasteiger partial charge in [0.25, 0.3) is 0 Å². The standard InChI is InChI=1S/C16H25F3N2/c1-4-6-13-7-9-14(10-8-13)15(20-5-2)11-21(3)12-16(17,18)19/h7-10,15,20H,4-6,11-12H2,1-3H3. The van der Waals surface area contributed by atoms with Crippen LogP contribution in [0.1, 0.15) is 37.4 Å². The third-order valence-electron chi connectivity index (χ3n) is 3.31. The molecular formula is C16H25F3N2. The Morgan fingerprint density at radius 3 is 2.24 bits per heavy atom. The van der Waals surface area contributed by atoms with Crippen molar-refractivity contribution < 1.29 is 13.2 Å². The normalized spacial score (nSPS) is 13.7. The molecule has 1 unspecified atom stereocenters. The number of likely N-dealkylation sites (N-methyl/N-ethyl adjacent to an activating group) is 2. The Bertz CT molecular complexity index is 401. The summed E-state index contributed by atoms with van der Waals surface area (Å²) in [5.41, 5.74) is 2.30. The highest BCUT2D eigenvalue weighted by Gasteiger charge is 2.30. The molecule has 0 bridgehead atoms. The third-order valence-corrected chi connectivity index (χ3v) is 3.31. The van der Waals surface area contributed by atoms with Gasteiger partial charge in [0.05, 0.1) is 6.54 Å². The molecule has 0 spiro atoms. The lowest BCUT2D eigenvalue weighted by Crippen LogP contribution is -2.38. The van der Waals surface area contributed by atoms with Crippen LogP contribution >= 0.6 is 0 Å².